The third kappa shape index (κ3) is 4.35. The van der Waals surface area contributed by atoms with Crippen molar-refractivity contribution in [2.24, 2.45) is 0 Å². The van der Waals surface area contributed by atoms with Crippen LogP contribution in [0.3, 0.4) is 0 Å². The Labute approximate surface area is 126 Å². The molecule has 0 spiro atoms. The molecule has 0 amide bonds. The van der Waals surface area contributed by atoms with E-state index in [-0.39, 0.29) is 0 Å². The van der Waals surface area contributed by atoms with E-state index < -0.39 is 0 Å². The lowest BCUT2D eigenvalue weighted by Gasteiger charge is -2.26. The molecule has 1 fully saturated rings. The standard InChI is InChI=1S/C15H23ClN2O2/c1-19-10-6-17-12-13-4-2-5-14(16)15(13)18-7-3-9-20-11-8-18/h2,4-5,17H,3,6-12H2,1H3. The Kier molecular flexibility index (Phi) is 6.60. The van der Waals surface area contributed by atoms with Gasteiger partial charge in [0.25, 0.3) is 0 Å². The largest absolute Gasteiger partial charge is 0.383 e. The van der Waals surface area contributed by atoms with E-state index >= 15 is 0 Å². The first kappa shape index (κ1) is 15.6. The van der Waals surface area contributed by atoms with Crippen LogP contribution in [-0.2, 0) is 16.0 Å². The van der Waals surface area contributed by atoms with Gasteiger partial charge in [-0.15, -0.1) is 0 Å². The van der Waals surface area contributed by atoms with Gasteiger partial charge >= 0.3 is 0 Å². The second-order valence-electron chi connectivity index (χ2n) is 4.87. The average Bonchev–Trinajstić information content (AvgIpc) is 2.72. The highest BCUT2D eigenvalue weighted by Crippen LogP contribution is 2.30. The van der Waals surface area contributed by atoms with Crippen molar-refractivity contribution in [1.29, 1.82) is 0 Å². The first-order valence-corrected chi connectivity index (χ1v) is 7.50. The van der Waals surface area contributed by atoms with Gasteiger partial charge in [-0.3, -0.25) is 0 Å². The maximum Gasteiger partial charge on any atom is 0.0642 e. The van der Waals surface area contributed by atoms with Crippen molar-refractivity contribution in [3.8, 4) is 0 Å². The number of rotatable bonds is 6. The van der Waals surface area contributed by atoms with Crippen LogP contribution < -0.4 is 10.2 Å². The molecule has 0 atom stereocenters. The molecule has 1 aliphatic rings. The Hall–Kier alpha value is -0.810. The Bertz CT molecular complexity index is 407. The van der Waals surface area contributed by atoms with Crippen molar-refractivity contribution in [2.75, 3.05) is 51.5 Å². The van der Waals surface area contributed by atoms with Crippen LogP contribution in [0.5, 0.6) is 0 Å². The van der Waals surface area contributed by atoms with Gasteiger partial charge in [-0.25, -0.2) is 0 Å². The number of hydrogen-bond acceptors (Lipinski definition) is 4. The minimum atomic E-state index is 0.716. The lowest BCUT2D eigenvalue weighted by Crippen LogP contribution is -2.28. The van der Waals surface area contributed by atoms with Gasteiger partial charge in [0.2, 0.25) is 0 Å². The van der Waals surface area contributed by atoms with Crippen molar-refractivity contribution in [2.45, 2.75) is 13.0 Å². The van der Waals surface area contributed by atoms with Crippen LogP contribution in [0.2, 0.25) is 5.02 Å². The molecule has 20 heavy (non-hydrogen) atoms. The van der Waals surface area contributed by atoms with E-state index in [4.69, 9.17) is 21.1 Å². The molecular formula is C15H23ClN2O2. The summed E-state index contributed by atoms with van der Waals surface area (Å²) in [6, 6.07) is 6.10. The number of methoxy groups -OCH3 is 1. The highest BCUT2D eigenvalue weighted by molar-refractivity contribution is 6.33. The molecule has 5 heteroatoms. The lowest BCUT2D eigenvalue weighted by atomic mass is 10.1. The van der Waals surface area contributed by atoms with Gasteiger partial charge in [-0.1, -0.05) is 23.7 Å². The number of halogens is 1. The molecule has 0 aromatic heterocycles. The quantitative estimate of drug-likeness (QED) is 0.817. The first-order valence-electron chi connectivity index (χ1n) is 7.12. The van der Waals surface area contributed by atoms with Gasteiger partial charge < -0.3 is 19.7 Å². The Morgan fingerprint density at radius 1 is 1.35 bits per heavy atom. The topological polar surface area (TPSA) is 33.7 Å². The molecule has 1 aromatic rings. The minimum absolute atomic E-state index is 0.716. The summed E-state index contributed by atoms with van der Waals surface area (Å²) in [7, 11) is 1.71. The highest BCUT2D eigenvalue weighted by atomic mass is 35.5. The molecule has 0 saturated carbocycles. The molecule has 0 radical (unpaired) electrons. The predicted molar refractivity (Wildman–Crippen MR) is 82.7 cm³/mol. The van der Waals surface area contributed by atoms with Crippen LogP contribution >= 0.6 is 11.6 Å². The van der Waals surface area contributed by atoms with Crippen molar-refractivity contribution in [3.05, 3.63) is 28.8 Å². The Morgan fingerprint density at radius 3 is 3.10 bits per heavy atom. The normalized spacial score (nSPS) is 16.2. The summed E-state index contributed by atoms with van der Waals surface area (Å²) in [5.41, 5.74) is 2.38. The number of para-hydroxylation sites is 1. The number of nitrogens with zero attached hydrogens (tertiary/aromatic N) is 1. The summed E-state index contributed by atoms with van der Waals surface area (Å²) < 4.78 is 10.6. The summed E-state index contributed by atoms with van der Waals surface area (Å²) in [4.78, 5) is 2.34. The second-order valence-corrected chi connectivity index (χ2v) is 5.28. The summed E-state index contributed by atoms with van der Waals surface area (Å²) in [6.45, 7) is 5.85. The summed E-state index contributed by atoms with van der Waals surface area (Å²) >= 11 is 6.42. The number of ether oxygens (including phenoxy) is 2. The van der Waals surface area contributed by atoms with Crippen LogP contribution in [0.1, 0.15) is 12.0 Å². The fourth-order valence-electron chi connectivity index (χ4n) is 2.42. The molecule has 1 heterocycles. The molecule has 2 rings (SSSR count). The molecular weight excluding hydrogens is 276 g/mol. The van der Waals surface area contributed by atoms with E-state index in [1.165, 1.54) is 5.56 Å². The third-order valence-corrected chi connectivity index (χ3v) is 3.71. The van der Waals surface area contributed by atoms with Gasteiger partial charge in [0, 0.05) is 39.9 Å². The van der Waals surface area contributed by atoms with Crippen molar-refractivity contribution in [3.63, 3.8) is 0 Å². The van der Waals surface area contributed by atoms with Crippen molar-refractivity contribution in [1.82, 2.24) is 5.32 Å². The van der Waals surface area contributed by atoms with E-state index in [2.05, 4.69) is 16.3 Å². The number of anilines is 1. The van der Waals surface area contributed by atoms with Gasteiger partial charge in [0.1, 0.15) is 0 Å². The fourth-order valence-corrected chi connectivity index (χ4v) is 2.74. The third-order valence-electron chi connectivity index (χ3n) is 3.41. The Balaban J connectivity index is 2.08. The molecule has 112 valence electrons. The van der Waals surface area contributed by atoms with Gasteiger partial charge in [0.15, 0.2) is 0 Å². The minimum Gasteiger partial charge on any atom is -0.383 e. The maximum atomic E-state index is 6.42. The summed E-state index contributed by atoms with van der Waals surface area (Å²) in [5, 5.41) is 4.20. The fraction of sp³-hybridized carbons (Fsp3) is 0.600. The van der Waals surface area contributed by atoms with Crippen molar-refractivity contribution < 1.29 is 9.47 Å². The predicted octanol–water partition coefficient (Wildman–Crippen LogP) is 2.30. The number of hydrogen-bond donors (Lipinski definition) is 1. The zero-order valence-electron chi connectivity index (χ0n) is 12.0. The SMILES string of the molecule is COCCNCc1cccc(Cl)c1N1CCCOCC1. The van der Waals surface area contributed by atoms with E-state index in [1.807, 2.05) is 12.1 Å². The van der Waals surface area contributed by atoms with Crippen LogP contribution in [0.15, 0.2) is 18.2 Å². The van der Waals surface area contributed by atoms with E-state index in [0.29, 0.717) is 6.61 Å². The summed E-state index contributed by atoms with van der Waals surface area (Å²) in [5.74, 6) is 0. The molecule has 0 aliphatic carbocycles. The zero-order valence-corrected chi connectivity index (χ0v) is 12.8. The number of benzene rings is 1. The van der Waals surface area contributed by atoms with Crippen LogP contribution in [0.25, 0.3) is 0 Å². The molecule has 1 N–H and O–H groups in total. The monoisotopic (exact) mass is 298 g/mol. The average molecular weight is 299 g/mol. The molecule has 1 saturated heterocycles. The molecule has 0 bridgehead atoms. The molecule has 1 aromatic carbocycles. The van der Waals surface area contributed by atoms with Crippen LogP contribution in [0.4, 0.5) is 5.69 Å². The highest BCUT2D eigenvalue weighted by Gasteiger charge is 2.16. The smallest absolute Gasteiger partial charge is 0.0642 e. The number of nitrogens with one attached hydrogen (secondary N) is 1. The van der Waals surface area contributed by atoms with Gasteiger partial charge in [0.05, 0.1) is 23.9 Å². The molecule has 4 nitrogen and oxygen atoms in total. The second kappa shape index (κ2) is 8.47. The van der Waals surface area contributed by atoms with Gasteiger partial charge in [-0.2, -0.15) is 0 Å². The summed E-state index contributed by atoms with van der Waals surface area (Å²) in [6.07, 6.45) is 1.04. The Morgan fingerprint density at radius 2 is 2.25 bits per heavy atom. The molecule has 1 aliphatic heterocycles. The maximum absolute atomic E-state index is 6.42. The zero-order chi connectivity index (χ0) is 14.2. The van der Waals surface area contributed by atoms with Crippen LogP contribution in [-0.4, -0.2) is 46.6 Å². The van der Waals surface area contributed by atoms with E-state index in [1.54, 1.807) is 7.11 Å². The molecule has 0 unspecified atom stereocenters. The van der Waals surface area contributed by atoms with Gasteiger partial charge in [-0.05, 0) is 18.1 Å². The van der Waals surface area contributed by atoms with E-state index in [9.17, 15) is 0 Å². The van der Waals surface area contributed by atoms with Crippen LogP contribution in [0, 0.1) is 0 Å². The van der Waals surface area contributed by atoms with Crippen molar-refractivity contribution >= 4 is 17.3 Å². The van der Waals surface area contributed by atoms with E-state index in [0.717, 1.165) is 56.5 Å². The lowest BCUT2D eigenvalue weighted by molar-refractivity contribution is 0.152. The first-order chi connectivity index (χ1) is 9.83.